The van der Waals surface area contributed by atoms with Crippen molar-refractivity contribution in [3.8, 4) is 11.8 Å². The fraction of sp³-hybridized carbons (Fsp3) is 0.500. The summed E-state index contributed by atoms with van der Waals surface area (Å²) in [6.07, 6.45) is 13.1. The Balaban J connectivity index is 2.53. The van der Waals surface area contributed by atoms with E-state index < -0.39 is 12.1 Å². The zero-order chi connectivity index (χ0) is 17.8. The number of carboxylic acid groups (broad SMARTS) is 1. The average Bonchev–Trinajstić information content (AvgIpc) is 2.89. The lowest BCUT2D eigenvalue weighted by Gasteiger charge is -2.07. The number of hydrogen-bond donors (Lipinski definition) is 2. The lowest BCUT2D eigenvalue weighted by Crippen LogP contribution is -2.04. The van der Waals surface area contributed by atoms with Gasteiger partial charge < -0.3 is 10.2 Å². The molecular weight excluding hydrogens is 304 g/mol. The minimum Gasteiger partial charge on any atom is -0.481 e. The summed E-state index contributed by atoms with van der Waals surface area (Å²) in [4.78, 5) is 22.2. The van der Waals surface area contributed by atoms with E-state index in [-0.39, 0.29) is 18.1 Å². The minimum atomic E-state index is -0.826. The smallest absolute Gasteiger partial charge is 0.303 e. The highest BCUT2D eigenvalue weighted by Gasteiger charge is 2.20. The maximum atomic E-state index is 11.9. The molecule has 1 aliphatic rings. The number of rotatable bonds is 9. The number of aliphatic hydroxyl groups excluding tert-OH is 1. The number of carbonyl (C=O) groups excluding carboxylic acids is 1. The zero-order valence-electron chi connectivity index (χ0n) is 14.2. The number of hydrogen-bond acceptors (Lipinski definition) is 3. The highest BCUT2D eigenvalue weighted by Crippen LogP contribution is 2.23. The molecule has 0 aromatic carbocycles. The Morgan fingerprint density at radius 2 is 2.17 bits per heavy atom. The van der Waals surface area contributed by atoms with E-state index in [9.17, 15) is 14.7 Å². The van der Waals surface area contributed by atoms with E-state index in [2.05, 4.69) is 18.8 Å². The van der Waals surface area contributed by atoms with Crippen molar-refractivity contribution >= 4 is 11.8 Å². The quantitative estimate of drug-likeness (QED) is 0.294. The van der Waals surface area contributed by atoms with E-state index in [1.54, 1.807) is 18.2 Å². The number of unbranched alkanes of at least 4 members (excludes halogenated alkanes) is 3. The van der Waals surface area contributed by atoms with Gasteiger partial charge in [-0.3, -0.25) is 9.59 Å². The fourth-order valence-electron chi connectivity index (χ4n) is 2.37. The van der Waals surface area contributed by atoms with E-state index in [1.165, 1.54) is 6.08 Å². The predicted octanol–water partition coefficient (Wildman–Crippen LogP) is 3.42. The van der Waals surface area contributed by atoms with Crippen LogP contribution in [0.15, 0.2) is 36.0 Å². The van der Waals surface area contributed by atoms with Gasteiger partial charge in [-0.1, -0.05) is 56.3 Å². The van der Waals surface area contributed by atoms with Gasteiger partial charge in [0, 0.05) is 24.3 Å². The SMILES string of the molecule is CCCCCC(O)C=CC1C=CC(=O)C1=CC#CCCCC(=O)O. The molecule has 0 radical (unpaired) electrons. The molecule has 0 amide bonds. The molecule has 1 rings (SSSR count). The Morgan fingerprint density at radius 3 is 2.88 bits per heavy atom. The summed E-state index contributed by atoms with van der Waals surface area (Å²) < 4.78 is 0. The van der Waals surface area contributed by atoms with Crippen molar-refractivity contribution in [2.75, 3.05) is 0 Å². The second kappa shape index (κ2) is 11.4. The Bertz CT molecular complexity index is 572. The maximum absolute atomic E-state index is 11.9. The van der Waals surface area contributed by atoms with Gasteiger partial charge in [0.05, 0.1) is 6.10 Å². The van der Waals surface area contributed by atoms with Gasteiger partial charge in [-0.2, -0.15) is 0 Å². The average molecular weight is 330 g/mol. The van der Waals surface area contributed by atoms with Gasteiger partial charge in [-0.15, -0.1) is 0 Å². The fourth-order valence-corrected chi connectivity index (χ4v) is 2.37. The van der Waals surface area contributed by atoms with Crippen LogP contribution < -0.4 is 0 Å². The second-order valence-electron chi connectivity index (χ2n) is 5.87. The van der Waals surface area contributed by atoms with E-state index in [4.69, 9.17) is 5.11 Å². The molecule has 4 nitrogen and oxygen atoms in total. The van der Waals surface area contributed by atoms with Crippen molar-refractivity contribution in [1.82, 2.24) is 0 Å². The van der Waals surface area contributed by atoms with Crippen molar-refractivity contribution < 1.29 is 19.8 Å². The number of aliphatic hydroxyl groups is 1. The van der Waals surface area contributed by atoms with Crippen LogP contribution in [-0.4, -0.2) is 28.1 Å². The molecule has 0 aromatic heterocycles. The van der Waals surface area contributed by atoms with Gasteiger partial charge in [0.25, 0.3) is 0 Å². The summed E-state index contributed by atoms with van der Waals surface area (Å²) in [7, 11) is 0. The lowest BCUT2D eigenvalue weighted by atomic mass is 9.99. The molecule has 4 heteroatoms. The molecule has 2 atom stereocenters. The normalized spacial score (nSPS) is 19.7. The molecule has 2 unspecified atom stereocenters. The molecule has 0 aliphatic heterocycles. The zero-order valence-corrected chi connectivity index (χ0v) is 14.2. The number of aliphatic carboxylic acids is 1. The van der Waals surface area contributed by atoms with Gasteiger partial charge in [-0.25, -0.2) is 0 Å². The van der Waals surface area contributed by atoms with Gasteiger partial charge in [0.1, 0.15) is 0 Å². The molecule has 2 N–H and O–H groups in total. The Morgan fingerprint density at radius 1 is 1.38 bits per heavy atom. The second-order valence-corrected chi connectivity index (χ2v) is 5.87. The number of carboxylic acids is 1. The van der Waals surface area contributed by atoms with Gasteiger partial charge in [-0.05, 0) is 25.0 Å². The molecule has 1 aliphatic carbocycles. The van der Waals surface area contributed by atoms with Crippen LogP contribution >= 0.6 is 0 Å². The Hall–Kier alpha value is -2.12. The standard InChI is InChI=1S/C20H26O4/c1-2-3-6-9-17(21)14-12-16-13-15-19(22)18(16)10-7-4-5-8-11-20(23)24/h10,12-17,21H,2-3,5-6,8-9,11H2,1H3,(H,23,24). The number of carbonyl (C=O) groups is 2. The van der Waals surface area contributed by atoms with Gasteiger partial charge in [0.15, 0.2) is 5.78 Å². The maximum Gasteiger partial charge on any atom is 0.303 e. The molecule has 24 heavy (non-hydrogen) atoms. The highest BCUT2D eigenvalue weighted by molar-refractivity contribution is 6.07. The van der Waals surface area contributed by atoms with Crippen molar-refractivity contribution in [3.05, 3.63) is 36.0 Å². The molecule has 0 saturated carbocycles. The first-order chi connectivity index (χ1) is 11.5. The summed E-state index contributed by atoms with van der Waals surface area (Å²) in [5, 5.41) is 18.5. The molecular formula is C20H26O4. The predicted molar refractivity (Wildman–Crippen MR) is 94.3 cm³/mol. The molecule has 0 saturated heterocycles. The third kappa shape index (κ3) is 7.94. The van der Waals surface area contributed by atoms with Crippen molar-refractivity contribution in [2.45, 2.75) is 58.0 Å². The van der Waals surface area contributed by atoms with Gasteiger partial charge >= 0.3 is 5.97 Å². The third-order valence-corrected chi connectivity index (χ3v) is 3.76. The van der Waals surface area contributed by atoms with Crippen LogP contribution in [0.25, 0.3) is 0 Å². The summed E-state index contributed by atoms with van der Waals surface area (Å²) in [6, 6.07) is 0. The summed E-state index contributed by atoms with van der Waals surface area (Å²) in [5.41, 5.74) is 0.595. The van der Waals surface area contributed by atoms with E-state index in [1.807, 2.05) is 6.08 Å². The van der Waals surface area contributed by atoms with Crippen LogP contribution in [-0.2, 0) is 9.59 Å². The van der Waals surface area contributed by atoms with Crippen LogP contribution in [0.2, 0.25) is 0 Å². The topological polar surface area (TPSA) is 74.6 Å². The highest BCUT2D eigenvalue weighted by atomic mass is 16.4. The lowest BCUT2D eigenvalue weighted by molar-refractivity contribution is -0.137. The number of allylic oxidation sites excluding steroid dienone is 5. The molecule has 0 spiro atoms. The summed E-state index contributed by atoms with van der Waals surface area (Å²) in [6.45, 7) is 2.12. The number of ketones is 1. The first kappa shape index (κ1) is 19.9. The monoisotopic (exact) mass is 330 g/mol. The summed E-state index contributed by atoms with van der Waals surface area (Å²) >= 11 is 0. The Kier molecular flexibility index (Phi) is 9.48. The molecule has 0 aromatic rings. The van der Waals surface area contributed by atoms with Crippen LogP contribution in [0.1, 0.15) is 51.9 Å². The molecule has 0 bridgehead atoms. The largest absolute Gasteiger partial charge is 0.481 e. The van der Waals surface area contributed by atoms with Crippen LogP contribution in [0.4, 0.5) is 0 Å². The van der Waals surface area contributed by atoms with E-state index in [0.717, 1.165) is 25.7 Å². The minimum absolute atomic E-state index is 0.0649. The first-order valence-electron chi connectivity index (χ1n) is 8.53. The first-order valence-corrected chi connectivity index (χ1v) is 8.53. The molecule has 130 valence electrons. The van der Waals surface area contributed by atoms with Crippen molar-refractivity contribution in [1.29, 1.82) is 0 Å². The van der Waals surface area contributed by atoms with E-state index in [0.29, 0.717) is 18.4 Å². The van der Waals surface area contributed by atoms with Crippen LogP contribution in [0.5, 0.6) is 0 Å². The van der Waals surface area contributed by atoms with Crippen molar-refractivity contribution in [3.63, 3.8) is 0 Å². The van der Waals surface area contributed by atoms with E-state index >= 15 is 0 Å². The third-order valence-electron chi connectivity index (χ3n) is 3.76. The summed E-state index contributed by atoms with van der Waals surface area (Å²) in [5.74, 6) is 4.66. The Labute approximate surface area is 144 Å². The van der Waals surface area contributed by atoms with Crippen LogP contribution in [0, 0.1) is 17.8 Å². The van der Waals surface area contributed by atoms with Gasteiger partial charge in [0.2, 0.25) is 0 Å². The van der Waals surface area contributed by atoms with Crippen LogP contribution in [0.3, 0.4) is 0 Å². The van der Waals surface area contributed by atoms with Crippen molar-refractivity contribution in [2.24, 2.45) is 5.92 Å². The molecule has 0 fully saturated rings. The molecule has 0 heterocycles.